The van der Waals surface area contributed by atoms with E-state index in [2.05, 4.69) is 21.2 Å². The maximum absolute atomic E-state index is 14.5. The monoisotopic (exact) mass is 743 g/mol. The Labute approximate surface area is 287 Å². The van der Waals surface area contributed by atoms with E-state index in [-0.39, 0.29) is 29.5 Å². The first-order chi connectivity index (χ1) is 22.6. The predicted molar refractivity (Wildman–Crippen MR) is 184 cm³/mol. The highest BCUT2D eigenvalue weighted by molar-refractivity contribution is 9.10. The summed E-state index contributed by atoms with van der Waals surface area (Å²) in [6, 6.07) is 24.8. The summed E-state index contributed by atoms with van der Waals surface area (Å²) < 4.78 is 71.1. The molecule has 12 heteroatoms. The van der Waals surface area contributed by atoms with Gasteiger partial charge in [-0.2, -0.15) is 13.2 Å². The Morgan fingerprint density at radius 3 is 2.12 bits per heavy atom. The third kappa shape index (κ3) is 9.70. The van der Waals surface area contributed by atoms with Crippen molar-refractivity contribution in [2.75, 3.05) is 17.4 Å². The van der Waals surface area contributed by atoms with E-state index in [0.717, 1.165) is 27.7 Å². The van der Waals surface area contributed by atoms with Crippen LogP contribution in [0.4, 0.5) is 18.9 Å². The van der Waals surface area contributed by atoms with Crippen LogP contribution in [0.5, 0.6) is 0 Å². The molecule has 0 saturated carbocycles. The number of nitrogens with zero attached hydrogens (tertiary/aromatic N) is 2. The molecular weight excluding hydrogens is 707 g/mol. The van der Waals surface area contributed by atoms with Crippen LogP contribution in [-0.2, 0) is 38.8 Å². The SMILES string of the molecule is Cc1ccc(S(=O)(=O)N(CC(=O)N(Cc2cccc(Br)c2)[C@H](Cc2ccccc2)C(=O)NCC(C)C)c2cccc(C(F)(F)F)c2)cc1. The van der Waals surface area contributed by atoms with Crippen LogP contribution in [0.3, 0.4) is 0 Å². The van der Waals surface area contributed by atoms with Crippen molar-refractivity contribution in [2.24, 2.45) is 5.92 Å². The van der Waals surface area contributed by atoms with Crippen LogP contribution in [0, 0.1) is 12.8 Å². The molecular formula is C36H37BrF3N3O4S. The Morgan fingerprint density at radius 1 is 0.854 bits per heavy atom. The van der Waals surface area contributed by atoms with Gasteiger partial charge in [0.2, 0.25) is 11.8 Å². The summed E-state index contributed by atoms with van der Waals surface area (Å²) in [5.74, 6) is -1.11. The number of amides is 2. The first-order valence-corrected chi connectivity index (χ1v) is 17.5. The number of halogens is 4. The molecule has 0 aromatic heterocycles. The summed E-state index contributed by atoms with van der Waals surface area (Å²) in [6.07, 6.45) is -4.65. The molecule has 0 aliphatic carbocycles. The lowest BCUT2D eigenvalue weighted by atomic mass is 10.0. The normalized spacial score (nSPS) is 12.4. The number of carbonyl (C=O) groups is 2. The molecule has 48 heavy (non-hydrogen) atoms. The zero-order valence-electron chi connectivity index (χ0n) is 26.7. The number of hydrogen-bond acceptors (Lipinski definition) is 4. The van der Waals surface area contributed by atoms with E-state index in [1.165, 1.54) is 23.1 Å². The fraction of sp³-hybridized carbons (Fsp3) is 0.278. The van der Waals surface area contributed by atoms with Gasteiger partial charge in [0.15, 0.2) is 0 Å². The Bertz CT molecular complexity index is 1820. The molecule has 254 valence electrons. The molecule has 0 bridgehead atoms. The van der Waals surface area contributed by atoms with Crippen LogP contribution < -0.4 is 9.62 Å². The van der Waals surface area contributed by atoms with Gasteiger partial charge in [0.25, 0.3) is 10.0 Å². The summed E-state index contributed by atoms with van der Waals surface area (Å²) in [4.78, 5) is 29.5. The molecule has 0 aliphatic rings. The van der Waals surface area contributed by atoms with Crippen molar-refractivity contribution < 1.29 is 31.2 Å². The van der Waals surface area contributed by atoms with Gasteiger partial charge in [-0.3, -0.25) is 13.9 Å². The maximum atomic E-state index is 14.5. The molecule has 4 aromatic rings. The van der Waals surface area contributed by atoms with E-state index < -0.39 is 46.2 Å². The number of anilines is 1. The molecule has 2 amide bonds. The number of alkyl halides is 3. The van der Waals surface area contributed by atoms with Crippen molar-refractivity contribution in [3.8, 4) is 0 Å². The minimum atomic E-state index is -4.76. The van der Waals surface area contributed by atoms with Crippen molar-refractivity contribution >= 4 is 43.5 Å². The minimum absolute atomic E-state index is 0.0775. The molecule has 0 fully saturated rings. The standard InChI is InChI=1S/C36H37BrF3N3O4S/c1-25(2)22-41-35(45)33(20-27-9-5-4-6-10-27)42(23-28-11-7-13-30(37)19-28)34(44)24-43(31-14-8-12-29(21-31)36(38,39)40)48(46,47)32-17-15-26(3)16-18-32/h4-19,21,25,33H,20,22-24H2,1-3H3,(H,41,45)/t33-/m1/s1. The van der Waals surface area contributed by atoms with Gasteiger partial charge in [0.05, 0.1) is 16.1 Å². The van der Waals surface area contributed by atoms with E-state index in [9.17, 15) is 31.2 Å². The first kappa shape index (κ1) is 36.7. The van der Waals surface area contributed by atoms with E-state index in [4.69, 9.17) is 0 Å². The maximum Gasteiger partial charge on any atom is 0.416 e. The van der Waals surface area contributed by atoms with Crippen LogP contribution in [0.1, 0.15) is 36.1 Å². The van der Waals surface area contributed by atoms with Gasteiger partial charge in [-0.05, 0) is 66.4 Å². The second-order valence-electron chi connectivity index (χ2n) is 11.9. The second-order valence-corrected chi connectivity index (χ2v) is 14.6. The second kappa shape index (κ2) is 15.8. The van der Waals surface area contributed by atoms with Gasteiger partial charge in [0, 0.05) is 24.0 Å². The van der Waals surface area contributed by atoms with Gasteiger partial charge < -0.3 is 10.2 Å². The highest BCUT2D eigenvalue weighted by Gasteiger charge is 2.36. The lowest BCUT2D eigenvalue weighted by Crippen LogP contribution is -2.53. The topological polar surface area (TPSA) is 86.8 Å². The van der Waals surface area contributed by atoms with Crippen LogP contribution in [-0.4, -0.2) is 44.3 Å². The van der Waals surface area contributed by atoms with Gasteiger partial charge in [-0.15, -0.1) is 0 Å². The quantitative estimate of drug-likeness (QED) is 0.155. The predicted octanol–water partition coefficient (Wildman–Crippen LogP) is 7.38. The highest BCUT2D eigenvalue weighted by atomic mass is 79.9. The zero-order chi connectivity index (χ0) is 35.1. The summed E-state index contributed by atoms with van der Waals surface area (Å²) in [6.45, 7) is 5.02. The van der Waals surface area contributed by atoms with Crippen molar-refractivity contribution in [2.45, 2.75) is 50.9 Å². The third-order valence-corrected chi connectivity index (χ3v) is 9.83. The van der Waals surface area contributed by atoms with Crippen molar-refractivity contribution in [1.29, 1.82) is 0 Å². The van der Waals surface area contributed by atoms with E-state index in [1.54, 1.807) is 43.3 Å². The molecule has 0 aliphatic heterocycles. The Morgan fingerprint density at radius 2 is 1.50 bits per heavy atom. The molecule has 1 atom stereocenters. The largest absolute Gasteiger partial charge is 0.416 e. The van der Waals surface area contributed by atoms with E-state index >= 15 is 0 Å². The molecule has 0 unspecified atom stereocenters. The summed E-state index contributed by atoms with van der Waals surface area (Å²) in [5.41, 5.74) is 0.769. The molecule has 4 rings (SSSR count). The number of hydrogen-bond donors (Lipinski definition) is 1. The lowest BCUT2D eigenvalue weighted by molar-refractivity contribution is -0.140. The molecule has 4 aromatic carbocycles. The average Bonchev–Trinajstić information content (AvgIpc) is 3.04. The fourth-order valence-corrected chi connectivity index (χ4v) is 6.86. The number of benzene rings is 4. The van der Waals surface area contributed by atoms with Crippen molar-refractivity contribution in [3.63, 3.8) is 0 Å². The van der Waals surface area contributed by atoms with E-state index in [0.29, 0.717) is 22.5 Å². The van der Waals surface area contributed by atoms with Gasteiger partial charge in [-0.1, -0.05) is 96.0 Å². The molecule has 0 heterocycles. The van der Waals surface area contributed by atoms with Gasteiger partial charge in [-0.25, -0.2) is 8.42 Å². The summed E-state index contributed by atoms with van der Waals surface area (Å²) in [7, 11) is -4.56. The summed E-state index contributed by atoms with van der Waals surface area (Å²) in [5, 5.41) is 2.91. The average molecular weight is 745 g/mol. The van der Waals surface area contributed by atoms with Crippen LogP contribution >= 0.6 is 15.9 Å². The molecule has 7 nitrogen and oxygen atoms in total. The van der Waals surface area contributed by atoms with Gasteiger partial charge in [0.1, 0.15) is 12.6 Å². The Hall–Kier alpha value is -4.16. The van der Waals surface area contributed by atoms with E-state index in [1.807, 2.05) is 44.2 Å². The van der Waals surface area contributed by atoms with Gasteiger partial charge >= 0.3 is 6.18 Å². The molecule has 0 saturated heterocycles. The number of sulfonamides is 1. The smallest absolute Gasteiger partial charge is 0.354 e. The lowest BCUT2D eigenvalue weighted by Gasteiger charge is -2.34. The number of aryl methyl sites for hydroxylation is 1. The van der Waals surface area contributed by atoms with Crippen molar-refractivity contribution in [3.05, 3.63) is 130 Å². The molecule has 0 radical (unpaired) electrons. The minimum Gasteiger partial charge on any atom is -0.354 e. The summed E-state index contributed by atoms with van der Waals surface area (Å²) >= 11 is 3.44. The fourth-order valence-electron chi connectivity index (χ4n) is 5.01. The number of nitrogens with one attached hydrogen (secondary N) is 1. The molecule has 1 N–H and O–H groups in total. The van der Waals surface area contributed by atoms with Crippen LogP contribution in [0.15, 0.2) is 112 Å². The van der Waals surface area contributed by atoms with Crippen LogP contribution in [0.2, 0.25) is 0 Å². The Kier molecular flexibility index (Phi) is 12.1. The highest BCUT2D eigenvalue weighted by Crippen LogP contribution is 2.33. The number of carbonyl (C=O) groups excluding carboxylic acids is 2. The van der Waals surface area contributed by atoms with Crippen LogP contribution in [0.25, 0.3) is 0 Å². The Balaban J connectivity index is 1.84. The number of rotatable bonds is 13. The zero-order valence-corrected chi connectivity index (χ0v) is 29.1. The molecule has 0 spiro atoms. The third-order valence-electron chi connectivity index (χ3n) is 7.55. The first-order valence-electron chi connectivity index (χ1n) is 15.3. The van der Waals surface area contributed by atoms with Crippen molar-refractivity contribution in [1.82, 2.24) is 10.2 Å².